The third-order valence-corrected chi connectivity index (χ3v) is 4.51. The Bertz CT molecular complexity index is 364. The van der Waals surface area contributed by atoms with Crippen LogP contribution in [0.1, 0.15) is 77.6 Å². The van der Waals surface area contributed by atoms with Gasteiger partial charge in [-0.1, -0.05) is 58.3 Å². The molecular formula is C15H30O5S. The number of carbonyl (C=O) groups is 1. The van der Waals surface area contributed by atoms with Gasteiger partial charge in [-0.2, -0.15) is 8.42 Å². The number of hydrogen-bond donors (Lipinski definition) is 2. The molecule has 0 aliphatic rings. The summed E-state index contributed by atoms with van der Waals surface area (Å²) < 4.78 is 29.8. The Labute approximate surface area is 128 Å². The fourth-order valence-electron chi connectivity index (χ4n) is 2.43. The summed E-state index contributed by atoms with van der Waals surface area (Å²) in [5.41, 5.74) is 0. The molecule has 0 saturated carbocycles. The van der Waals surface area contributed by atoms with Crippen molar-refractivity contribution in [2.45, 2.75) is 77.6 Å². The minimum atomic E-state index is -3.98. The van der Waals surface area contributed by atoms with E-state index in [1.54, 1.807) is 0 Å². The van der Waals surface area contributed by atoms with Gasteiger partial charge in [0.2, 0.25) is 0 Å². The Balaban J connectivity index is 3.68. The van der Waals surface area contributed by atoms with Crippen molar-refractivity contribution in [3.05, 3.63) is 0 Å². The van der Waals surface area contributed by atoms with E-state index in [1.807, 2.05) is 0 Å². The van der Waals surface area contributed by atoms with E-state index in [0.29, 0.717) is 12.8 Å². The van der Waals surface area contributed by atoms with Crippen molar-refractivity contribution in [2.75, 3.05) is 5.75 Å². The number of aliphatic carboxylic acids is 1. The van der Waals surface area contributed by atoms with Gasteiger partial charge >= 0.3 is 5.97 Å². The molecule has 0 radical (unpaired) electrons. The summed E-state index contributed by atoms with van der Waals surface area (Å²) in [6.45, 7) is 2.19. The molecule has 1 atom stereocenters. The third-order valence-electron chi connectivity index (χ3n) is 3.71. The molecule has 0 aromatic carbocycles. The second-order valence-electron chi connectivity index (χ2n) is 5.73. The molecule has 6 heteroatoms. The van der Waals surface area contributed by atoms with Gasteiger partial charge in [-0.05, 0) is 19.3 Å². The molecule has 0 aliphatic heterocycles. The lowest BCUT2D eigenvalue weighted by molar-refractivity contribution is -0.142. The Hall–Kier alpha value is -0.620. The van der Waals surface area contributed by atoms with Crippen molar-refractivity contribution in [3.63, 3.8) is 0 Å². The van der Waals surface area contributed by atoms with Crippen LogP contribution < -0.4 is 0 Å². The first kappa shape index (κ1) is 20.4. The first-order valence-corrected chi connectivity index (χ1v) is 9.65. The van der Waals surface area contributed by atoms with Crippen molar-refractivity contribution >= 4 is 16.1 Å². The molecule has 0 fully saturated rings. The van der Waals surface area contributed by atoms with E-state index in [4.69, 9.17) is 9.66 Å². The predicted molar refractivity (Wildman–Crippen MR) is 84.0 cm³/mol. The molecule has 0 aliphatic carbocycles. The normalized spacial score (nSPS) is 13.2. The molecule has 126 valence electrons. The van der Waals surface area contributed by atoms with Gasteiger partial charge in [0.25, 0.3) is 10.1 Å². The maximum Gasteiger partial charge on any atom is 0.306 e. The highest BCUT2D eigenvalue weighted by molar-refractivity contribution is 7.85. The van der Waals surface area contributed by atoms with Crippen molar-refractivity contribution in [1.82, 2.24) is 0 Å². The lowest BCUT2D eigenvalue weighted by Crippen LogP contribution is -2.15. The average molecular weight is 322 g/mol. The molecule has 0 aromatic heterocycles. The van der Waals surface area contributed by atoms with E-state index in [2.05, 4.69) is 6.92 Å². The fraction of sp³-hybridized carbons (Fsp3) is 0.933. The van der Waals surface area contributed by atoms with Crippen LogP contribution in [0.5, 0.6) is 0 Å². The molecule has 2 N–H and O–H groups in total. The summed E-state index contributed by atoms with van der Waals surface area (Å²) in [6, 6.07) is 0. The highest BCUT2D eigenvalue weighted by atomic mass is 32.2. The SMILES string of the molecule is CCCCCCCCCCC(CCCS(=O)(=O)O)C(=O)O. The van der Waals surface area contributed by atoms with Crippen LogP contribution in [0, 0.1) is 5.92 Å². The number of hydrogen-bond acceptors (Lipinski definition) is 3. The van der Waals surface area contributed by atoms with E-state index < -0.39 is 22.0 Å². The smallest absolute Gasteiger partial charge is 0.306 e. The molecule has 0 amide bonds. The van der Waals surface area contributed by atoms with Crippen molar-refractivity contribution < 1.29 is 22.9 Å². The van der Waals surface area contributed by atoms with E-state index in [-0.39, 0.29) is 12.2 Å². The molecule has 1 unspecified atom stereocenters. The van der Waals surface area contributed by atoms with Gasteiger partial charge < -0.3 is 5.11 Å². The van der Waals surface area contributed by atoms with Gasteiger partial charge in [0, 0.05) is 0 Å². The zero-order valence-corrected chi connectivity index (χ0v) is 13.9. The van der Waals surface area contributed by atoms with Gasteiger partial charge in [0.15, 0.2) is 0 Å². The molecule has 21 heavy (non-hydrogen) atoms. The zero-order valence-electron chi connectivity index (χ0n) is 13.1. The second kappa shape index (κ2) is 12.0. The van der Waals surface area contributed by atoms with Crippen LogP contribution in [0.25, 0.3) is 0 Å². The topological polar surface area (TPSA) is 91.7 Å². The van der Waals surface area contributed by atoms with Crippen LogP contribution in [0.4, 0.5) is 0 Å². The van der Waals surface area contributed by atoms with E-state index in [0.717, 1.165) is 19.3 Å². The molecule has 0 spiro atoms. The van der Waals surface area contributed by atoms with Gasteiger partial charge in [0.1, 0.15) is 0 Å². The average Bonchev–Trinajstić information content (AvgIpc) is 2.38. The van der Waals surface area contributed by atoms with Gasteiger partial charge in [-0.3, -0.25) is 9.35 Å². The summed E-state index contributed by atoms with van der Waals surface area (Å²) in [7, 11) is -3.98. The van der Waals surface area contributed by atoms with Crippen LogP contribution in [0.15, 0.2) is 0 Å². The largest absolute Gasteiger partial charge is 0.481 e. The number of carboxylic acids is 1. The third kappa shape index (κ3) is 14.1. The highest BCUT2D eigenvalue weighted by Crippen LogP contribution is 2.18. The van der Waals surface area contributed by atoms with Crippen molar-refractivity contribution in [2.24, 2.45) is 5.92 Å². The summed E-state index contributed by atoms with van der Waals surface area (Å²) in [5.74, 6) is -1.71. The van der Waals surface area contributed by atoms with Crippen LogP contribution >= 0.6 is 0 Å². The Morgan fingerprint density at radius 2 is 1.38 bits per heavy atom. The molecule has 0 aromatic rings. The standard InChI is InChI=1S/C15H30O5S/c1-2-3-4-5-6-7-8-9-11-14(15(16)17)12-10-13-21(18,19)20/h14H,2-13H2,1H3,(H,16,17)(H,18,19,20). The van der Waals surface area contributed by atoms with E-state index in [9.17, 15) is 13.2 Å². The molecule has 0 rings (SSSR count). The number of carboxylic acid groups (broad SMARTS) is 1. The summed E-state index contributed by atoms with van der Waals surface area (Å²) >= 11 is 0. The van der Waals surface area contributed by atoms with Crippen LogP contribution in [0.2, 0.25) is 0 Å². The lowest BCUT2D eigenvalue weighted by atomic mass is 9.96. The highest BCUT2D eigenvalue weighted by Gasteiger charge is 2.17. The van der Waals surface area contributed by atoms with Gasteiger partial charge in [-0.25, -0.2) is 0 Å². The summed E-state index contributed by atoms with van der Waals surface area (Å²) in [5, 5.41) is 9.09. The van der Waals surface area contributed by atoms with Gasteiger partial charge in [0.05, 0.1) is 11.7 Å². The van der Waals surface area contributed by atoms with Crippen molar-refractivity contribution in [1.29, 1.82) is 0 Å². The van der Waals surface area contributed by atoms with Crippen LogP contribution in [-0.2, 0) is 14.9 Å². The van der Waals surface area contributed by atoms with Crippen LogP contribution in [0.3, 0.4) is 0 Å². The molecule has 5 nitrogen and oxygen atoms in total. The molecular weight excluding hydrogens is 292 g/mol. The summed E-state index contributed by atoms with van der Waals surface area (Å²) in [6.07, 6.45) is 10.4. The minimum Gasteiger partial charge on any atom is -0.481 e. The Morgan fingerprint density at radius 3 is 1.86 bits per heavy atom. The zero-order chi connectivity index (χ0) is 16.1. The number of rotatable bonds is 14. The number of unbranched alkanes of at least 4 members (excludes halogenated alkanes) is 7. The Kier molecular flexibility index (Phi) is 11.6. The Morgan fingerprint density at radius 1 is 0.905 bits per heavy atom. The maximum absolute atomic E-state index is 11.1. The molecule has 0 heterocycles. The molecule has 0 bridgehead atoms. The lowest BCUT2D eigenvalue weighted by Gasteiger charge is -2.11. The quantitative estimate of drug-likeness (QED) is 0.374. The van der Waals surface area contributed by atoms with Gasteiger partial charge in [-0.15, -0.1) is 0 Å². The maximum atomic E-state index is 11.1. The fourth-order valence-corrected chi connectivity index (χ4v) is 2.96. The van der Waals surface area contributed by atoms with E-state index >= 15 is 0 Å². The first-order chi connectivity index (χ1) is 9.87. The van der Waals surface area contributed by atoms with Crippen LogP contribution in [-0.4, -0.2) is 29.8 Å². The molecule has 0 saturated heterocycles. The summed E-state index contributed by atoms with van der Waals surface area (Å²) in [4.78, 5) is 11.1. The first-order valence-electron chi connectivity index (χ1n) is 8.04. The monoisotopic (exact) mass is 322 g/mol. The van der Waals surface area contributed by atoms with Crippen molar-refractivity contribution in [3.8, 4) is 0 Å². The second-order valence-corrected chi connectivity index (χ2v) is 7.30. The minimum absolute atomic E-state index is 0.201. The van der Waals surface area contributed by atoms with E-state index in [1.165, 1.54) is 32.1 Å². The predicted octanol–water partition coefficient (Wildman–Crippen LogP) is 3.89.